The SMILES string of the molecule is CC(CC1CC1)NCc1ccccc1NS(=O)(=O)c1ccc(NS(=O)(=O)c2cccs2)cc1. The van der Waals surface area contributed by atoms with E-state index in [0.717, 1.165) is 29.2 Å². The number of sulfonamides is 2. The molecule has 0 saturated heterocycles. The summed E-state index contributed by atoms with van der Waals surface area (Å²) in [6.07, 6.45) is 3.74. The van der Waals surface area contributed by atoms with Crippen LogP contribution in [0.1, 0.15) is 31.7 Å². The van der Waals surface area contributed by atoms with Crippen LogP contribution in [-0.2, 0) is 26.6 Å². The van der Waals surface area contributed by atoms with Crippen molar-refractivity contribution >= 4 is 42.8 Å². The van der Waals surface area contributed by atoms with Gasteiger partial charge in [-0.15, -0.1) is 11.3 Å². The fraction of sp³-hybridized carbons (Fsp3) is 0.304. The summed E-state index contributed by atoms with van der Waals surface area (Å²) < 4.78 is 56.0. The van der Waals surface area contributed by atoms with Gasteiger partial charge in [0.15, 0.2) is 0 Å². The van der Waals surface area contributed by atoms with E-state index in [1.165, 1.54) is 43.2 Å². The third kappa shape index (κ3) is 6.35. The van der Waals surface area contributed by atoms with Crippen molar-refractivity contribution in [2.45, 2.75) is 47.9 Å². The highest BCUT2D eigenvalue weighted by molar-refractivity contribution is 7.94. The van der Waals surface area contributed by atoms with E-state index >= 15 is 0 Å². The molecule has 0 radical (unpaired) electrons. The Morgan fingerprint density at radius 2 is 1.64 bits per heavy atom. The first kappa shape index (κ1) is 23.7. The second-order valence-electron chi connectivity index (χ2n) is 8.29. The molecule has 10 heteroatoms. The van der Waals surface area contributed by atoms with Gasteiger partial charge in [0.1, 0.15) is 4.21 Å². The average molecular weight is 506 g/mol. The van der Waals surface area contributed by atoms with Crippen molar-refractivity contribution < 1.29 is 16.8 Å². The van der Waals surface area contributed by atoms with Gasteiger partial charge in [-0.25, -0.2) is 16.8 Å². The van der Waals surface area contributed by atoms with E-state index in [1.807, 2.05) is 12.1 Å². The molecule has 3 N–H and O–H groups in total. The van der Waals surface area contributed by atoms with Gasteiger partial charge in [0, 0.05) is 18.3 Å². The summed E-state index contributed by atoms with van der Waals surface area (Å²) in [6, 6.07) is 16.5. The quantitative estimate of drug-likeness (QED) is 0.353. The highest BCUT2D eigenvalue weighted by Crippen LogP contribution is 2.33. The molecule has 1 atom stereocenters. The Bertz CT molecular complexity index is 1280. The fourth-order valence-electron chi connectivity index (χ4n) is 3.52. The zero-order valence-electron chi connectivity index (χ0n) is 18.2. The van der Waals surface area contributed by atoms with E-state index < -0.39 is 20.0 Å². The molecule has 2 aromatic carbocycles. The van der Waals surface area contributed by atoms with Gasteiger partial charge in [-0.1, -0.05) is 37.1 Å². The van der Waals surface area contributed by atoms with Gasteiger partial charge in [0.2, 0.25) is 0 Å². The van der Waals surface area contributed by atoms with E-state index in [-0.39, 0.29) is 14.8 Å². The minimum atomic E-state index is -3.84. The van der Waals surface area contributed by atoms with E-state index in [4.69, 9.17) is 0 Å². The molecular formula is C23H27N3O4S3. The molecular weight excluding hydrogens is 478 g/mol. The second kappa shape index (κ2) is 9.84. The van der Waals surface area contributed by atoms with Gasteiger partial charge in [-0.05, 0) is 66.6 Å². The second-order valence-corrected chi connectivity index (χ2v) is 12.8. The molecule has 1 fully saturated rings. The summed E-state index contributed by atoms with van der Waals surface area (Å²) in [5.41, 5.74) is 1.67. The zero-order valence-corrected chi connectivity index (χ0v) is 20.6. The highest BCUT2D eigenvalue weighted by atomic mass is 32.2. The van der Waals surface area contributed by atoms with Crippen LogP contribution in [0.5, 0.6) is 0 Å². The summed E-state index contributed by atoms with van der Waals surface area (Å²) in [6.45, 7) is 2.72. The lowest BCUT2D eigenvalue weighted by Crippen LogP contribution is -2.26. The topological polar surface area (TPSA) is 104 Å². The standard InChI is InChI=1S/C23H27N3O4S3/c1-17(15-18-8-9-18)24-16-19-5-2-3-6-22(19)26-32(27,28)21-12-10-20(11-13-21)25-33(29,30)23-7-4-14-31-23/h2-7,10-14,17-18,24-26H,8-9,15-16H2,1H3. The number of rotatable bonds is 11. The zero-order chi connectivity index (χ0) is 23.5. The predicted octanol–water partition coefficient (Wildman–Crippen LogP) is 4.63. The Kier molecular flexibility index (Phi) is 7.08. The van der Waals surface area contributed by atoms with E-state index in [1.54, 1.807) is 23.6 Å². The lowest BCUT2D eigenvalue weighted by atomic mass is 10.1. The first-order valence-corrected chi connectivity index (χ1v) is 14.6. The molecule has 1 aliphatic rings. The molecule has 1 unspecified atom stereocenters. The van der Waals surface area contributed by atoms with Crippen molar-refractivity contribution in [3.8, 4) is 0 Å². The Morgan fingerprint density at radius 1 is 0.909 bits per heavy atom. The number of hydrogen-bond donors (Lipinski definition) is 3. The maximum Gasteiger partial charge on any atom is 0.271 e. The Labute approximate surface area is 199 Å². The Balaban J connectivity index is 1.43. The van der Waals surface area contributed by atoms with Crippen LogP contribution in [0.15, 0.2) is 75.1 Å². The minimum absolute atomic E-state index is 0.0476. The first-order chi connectivity index (χ1) is 15.7. The number of thiophene rings is 1. The fourth-order valence-corrected chi connectivity index (χ4v) is 6.68. The van der Waals surface area contributed by atoms with Gasteiger partial charge in [0.05, 0.1) is 10.6 Å². The number of para-hydroxylation sites is 1. The Morgan fingerprint density at radius 3 is 2.30 bits per heavy atom. The molecule has 1 saturated carbocycles. The molecule has 0 bridgehead atoms. The molecule has 0 aliphatic heterocycles. The summed E-state index contributed by atoms with van der Waals surface area (Å²) in [4.78, 5) is 0.0476. The summed E-state index contributed by atoms with van der Waals surface area (Å²) in [5, 5.41) is 5.16. The molecule has 1 aromatic heterocycles. The third-order valence-electron chi connectivity index (χ3n) is 5.46. The lowest BCUT2D eigenvalue weighted by molar-refractivity contribution is 0.488. The highest BCUT2D eigenvalue weighted by Gasteiger charge is 2.23. The van der Waals surface area contributed by atoms with Crippen molar-refractivity contribution in [2.24, 2.45) is 5.92 Å². The number of hydrogen-bond acceptors (Lipinski definition) is 6. The van der Waals surface area contributed by atoms with Crippen LogP contribution in [0.25, 0.3) is 0 Å². The predicted molar refractivity (Wildman–Crippen MR) is 132 cm³/mol. The number of benzene rings is 2. The van der Waals surface area contributed by atoms with Gasteiger partial charge in [-0.3, -0.25) is 9.44 Å². The molecule has 33 heavy (non-hydrogen) atoms. The van der Waals surface area contributed by atoms with Crippen molar-refractivity contribution in [1.82, 2.24) is 5.32 Å². The van der Waals surface area contributed by atoms with E-state index in [0.29, 0.717) is 18.3 Å². The van der Waals surface area contributed by atoms with Gasteiger partial charge in [-0.2, -0.15) is 0 Å². The van der Waals surface area contributed by atoms with Crippen LogP contribution in [0.3, 0.4) is 0 Å². The van der Waals surface area contributed by atoms with Gasteiger partial charge >= 0.3 is 0 Å². The maximum atomic E-state index is 13.0. The Hall–Kier alpha value is -2.40. The van der Waals surface area contributed by atoms with Crippen LogP contribution in [-0.4, -0.2) is 22.9 Å². The van der Waals surface area contributed by atoms with Gasteiger partial charge < -0.3 is 5.32 Å². The number of anilines is 2. The monoisotopic (exact) mass is 505 g/mol. The molecule has 1 heterocycles. The molecule has 7 nitrogen and oxygen atoms in total. The van der Waals surface area contributed by atoms with Crippen LogP contribution in [0, 0.1) is 5.92 Å². The molecule has 0 amide bonds. The molecule has 176 valence electrons. The lowest BCUT2D eigenvalue weighted by Gasteiger charge is -2.17. The minimum Gasteiger partial charge on any atom is -0.310 e. The first-order valence-electron chi connectivity index (χ1n) is 10.7. The summed E-state index contributed by atoms with van der Waals surface area (Å²) >= 11 is 1.11. The summed E-state index contributed by atoms with van der Waals surface area (Å²) in [5.74, 6) is 0.819. The van der Waals surface area contributed by atoms with Gasteiger partial charge in [0.25, 0.3) is 20.0 Å². The van der Waals surface area contributed by atoms with Crippen LogP contribution in [0.4, 0.5) is 11.4 Å². The maximum absolute atomic E-state index is 13.0. The molecule has 3 aromatic rings. The van der Waals surface area contributed by atoms with Crippen molar-refractivity contribution in [3.05, 3.63) is 71.6 Å². The van der Waals surface area contributed by atoms with Crippen molar-refractivity contribution in [1.29, 1.82) is 0 Å². The normalized spacial score (nSPS) is 15.2. The third-order valence-corrected chi connectivity index (χ3v) is 9.62. The van der Waals surface area contributed by atoms with Crippen LogP contribution >= 0.6 is 11.3 Å². The summed E-state index contributed by atoms with van der Waals surface area (Å²) in [7, 11) is -7.53. The molecule has 0 spiro atoms. The average Bonchev–Trinajstić information content (AvgIpc) is 3.39. The molecule has 1 aliphatic carbocycles. The van der Waals surface area contributed by atoms with Crippen molar-refractivity contribution in [3.63, 3.8) is 0 Å². The van der Waals surface area contributed by atoms with E-state index in [2.05, 4.69) is 21.7 Å². The molecule has 4 rings (SSSR count). The van der Waals surface area contributed by atoms with E-state index in [9.17, 15) is 16.8 Å². The smallest absolute Gasteiger partial charge is 0.271 e. The van der Waals surface area contributed by atoms with Crippen LogP contribution in [0.2, 0.25) is 0 Å². The largest absolute Gasteiger partial charge is 0.310 e. The van der Waals surface area contributed by atoms with Crippen LogP contribution < -0.4 is 14.8 Å². The number of nitrogens with one attached hydrogen (secondary N) is 3. The van der Waals surface area contributed by atoms with Crippen molar-refractivity contribution in [2.75, 3.05) is 9.44 Å².